The van der Waals surface area contributed by atoms with E-state index in [9.17, 15) is 13.2 Å². The number of halogens is 3. The molecule has 1 saturated carbocycles. The zero-order valence-corrected chi connectivity index (χ0v) is 11.8. The standard InChI is InChI=1S/C12H14F3N3OS/c1-6(2)19-9-8(17)7(5-16)20-10(9)18-11(3-4-11)12(13,14)15/h6,18H,3-4,17H2,1-2H3. The van der Waals surface area contributed by atoms with E-state index in [4.69, 9.17) is 15.7 Å². The molecule has 1 fully saturated rings. The molecule has 0 saturated heterocycles. The second kappa shape index (κ2) is 4.74. The molecular weight excluding hydrogens is 291 g/mol. The number of ether oxygens (including phenoxy) is 1. The Morgan fingerprint density at radius 1 is 1.45 bits per heavy atom. The van der Waals surface area contributed by atoms with Crippen LogP contribution in [-0.4, -0.2) is 17.8 Å². The Bertz CT molecular complexity index is 556. The third kappa shape index (κ3) is 2.50. The van der Waals surface area contributed by atoms with E-state index in [0.717, 1.165) is 11.3 Å². The number of rotatable bonds is 4. The van der Waals surface area contributed by atoms with Gasteiger partial charge in [-0.05, 0) is 26.7 Å². The predicted octanol–water partition coefficient (Wildman–Crippen LogP) is 3.50. The first-order valence-corrected chi connectivity index (χ1v) is 6.86. The number of hydrogen-bond donors (Lipinski definition) is 2. The molecule has 0 aromatic carbocycles. The summed E-state index contributed by atoms with van der Waals surface area (Å²) < 4.78 is 44.4. The first-order chi connectivity index (χ1) is 9.20. The van der Waals surface area contributed by atoms with Crippen LogP contribution in [0.2, 0.25) is 0 Å². The van der Waals surface area contributed by atoms with Gasteiger partial charge in [0.2, 0.25) is 0 Å². The highest BCUT2D eigenvalue weighted by Gasteiger charge is 2.64. The van der Waals surface area contributed by atoms with E-state index in [2.05, 4.69) is 5.32 Å². The third-order valence-corrected chi connectivity index (χ3v) is 4.01. The molecule has 0 spiro atoms. The number of thiophene rings is 1. The summed E-state index contributed by atoms with van der Waals surface area (Å²) in [6, 6.07) is 1.87. The van der Waals surface area contributed by atoms with E-state index in [0.29, 0.717) is 0 Å². The van der Waals surface area contributed by atoms with Gasteiger partial charge in [0.1, 0.15) is 27.2 Å². The van der Waals surface area contributed by atoms with Crippen LogP contribution in [0, 0.1) is 11.3 Å². The van der Waals surface area contributed by atoms with Crippen molar-refractivity contribution in [2.45, 2.75) is 44.5 Å². The fourth-order valence-corrected chi connectivity index (χ4v) is 2.72. The van der Waals surface area contributed by atoms with Crippen molar-refractivity contribution in [1.82, 2.24) is 0 Å². The van der Waals surface area contributed by atoms with E-state index in [-0.39, 0.29) is 40.3 Å². The van der Waals surface area contributed by atoms with Gasteiger partial charge in [-0.25, -0.2) is 0 Å². The van der Waals surface area contributed by atoms with Gasteiger partial charge in [0.15, 0.2) is 5.75 Å². The number of nitrogens with two attached hydrogens (primary N) is 1. The molecule has 0 aliphatic heterocycles. The van der Waals surface area contributed by atoms with Gasteiger partial charge in [-0.2, -0.15) is 18.4 Å². The van der Waals surface area contributed by atoms with Gasteiger partial charge in [0.25, 0.3) is 0 Å². The summed E-state index contributed by atoms with van der Waals surface area (Å²) in [7, 11) is 0. The Morgan fingerprint density at radius 3 is 2.45 bits per heavy atom. The van der Waals surface area contributed by atoms with Crippen LogP contribution in [0.3, 0.4) is 0 Å². The molecule has 1 aromatic heterocycles. The number of nitrogens with one attached hydrogen (secondary N) is 1. The molecule has 8 heteroatoms. The molecule has 0 bridgehead atoms. The maximum absolute atomic E-state index is 13.0. The smallest absolute Gasteiger partial charge is 0.411 e. The van der Waals surface area contributed by atoms with Crippen LogP contribution in [0.25, 0.3) is 0 Å². The zero-order valence-electron chi connectivity index (χ0n) is 11.0. The lowest BCUT2D eigenvalue weighted by atomic mass is 10.2. The van der Waals surface area contributed by atoms with Crippen molar-refractivity contribution in [2.24, 2.45) is 0 Å². The lowest BCUT2D eigenvalue weighted by molar-refractivity contribution is -0.151. The van der Waals surface area contributed by atoms with Crippen molar-refractivity contribution in [1.29, 1.82) is 5.26 Å². The van der Waals surface area contributed by atoms with Gasteiger partial charge in [0, 0.05) is 0 Å². The normalized spacial score (nSPS) is 16.9. The largest absolute Gasteiger partial charge is 0.486 e. The first-order valence-electron chi connectivity index (χ1n) is 6.04. The fourth-order valence-electron chi connectivity index (χ4n) is 1.77. The maximum Gasteiger partial charge on any atom is 0.411 e. The van der Waals surface area contributed by atoms with Crippen molar-refractivity contribution in [2.75, 3.05) is 11.1 Å². The van der Waals surface area contributed by atoms with E-state index < -0.39 is 11.7 Å². The zero-order chi connectivity index (χ0) is 15.1. The van der Waals surface area contributed by atoms with Crippen LogP contribution < -0.4 is 15.8 Å². The summed E-state index contributed by atoms with van der Waals surface area (Å²) >= 11 is 0.889. The Hall–Kier alpha value is -1.62. The van der Waals surface area contributed by atoms with E-state index >= 15 is 0 Å². The number of nitrogens with zero attached hydrogens (tertiary/aromatic N) is 1. The second-order valence-electron chi connectivity index (χ2n) is 4.99. The number of nitriles is 1. The summed E-state index contributed by atoms with van der Waals surface area (Å²) in [6.45, 7) is 3.48. The molecule has 0 unspecified atom stereocenters. The molecule has 3 N–H and O–H groups in total. The van der Waals surface area contributed by atoms with E-state index in [1.807, 2.05) is 6.07 Å². The average Bonchev–Trinajstić information content (AvgIpc) is 3.05. The first kappa shape index (κ1) is 14.8. The van der Waals surface area contributed by atoms with Crippen molar-refractivity contribution >= 4 is 22.0 Å². The minimum absolute atomic E-state index is 0.0112. The molecule has 110 valence electrons. The second-order valence-corrected chi connectivity index (χ2v) is 6.01. The number of nitrogen functional groups attached to an aromatic ring is 1. The van der Waals surface area contributed by atoms with E-state index in [1.165, 1.54) is 0 Å². The minimum atomic E-state index is -4.34. The molecule has 2 rings (SSSR count). The van der Waals surface area contributed by atoms with Gasteiger partial charge >= 0.3 is 6.18 Å². The Morgan fingerprint density at radius 2 is 2.05 bits per heavy atom. The Labute approximate surface area is 118 Å². The van der Waals surface area contributed by atoms with Crippen LogP contribution in [-0.2, 0) is 0 Å². The van der Waals surface area contributed by atoms with Crippen molar-refractivity contribution in [3.63, 3.8) is 0 Å². The average molecular weight is 305 g/mol. The highest BCUT2D eigenvalue weighted by atomic mass is 32.1. The molecular formula is C12H14F3N3OS. The molecule has 0 radical (unpaired) electrons. The van der Waals surface area contributed by atoms with Crippen molar-refractivity contribution in [3.05, 3.63) is 4.88 Å². The molecule has 0 amide bonds. The van der Waals surface area contributed by atoms with Crippen LogP contribution in [0.1, 0.15) is 31.6 Å². The quantitative estimate of drug-likeness (QED) is 0.893. The third-order valence-electron chi connectivity index (χ3n) is 3.00. The van der Waals surface area contributed by atoms with Gasteiger partial charge in [0.05, 0.1) is 6.10 Å². The Balaban J connectivity index is 2.35. The Kier molecular flexibility index (Phi) is 3.50. The summed E-state index contributed by atoms with van der Waals surface area (Å²) in [4.78, 5) is 0.154. The summed E-state index contributed by atoms with van der Waals surface area (Å²) in [6.07, 6.45) is -4.57. The van der Waals surface area contributed by atoms with Gasteiger partial charge < -0.3 is 15.8 Å². The molecule has 1 aliphatic carbocycles. The van der Waals surface area contributed by atoms with Crippen molar-refractivity contribution < 1.29 is 17.9 Å². The lowest BCUT2D eigenvalue weighted by Crippen LogP contribution is -2.38. The monoisotopic (exact) mass is 305 g/mol. The SMILES string of the molecule is CC(C)Oc1c(NC2(C(F)(F)F)CC2)sc(C#N)c1N. The summed E-state index contributed by atoms with van der Waals surface area (Å²) in [5.41, 5.74) is 3.93. The van der Waals surface area contributed by atoms with Gasteiger partial charge in [-0.1, -0.05) is 0 Å². The highest BCUT2D eigenvalue weighted by molar-refractivity contribution is 7.17. The summed E-state index contributed by atoms with van der Waals surface area (Å²) in [5.74, 6) is 0.136. The summed E-state index contributed by atoms with van der Waals surface area (Å²) in [5, 5.41) is 11.6. The molecule has 1 aromatic rings. The molecule has 1 aliphatic rings. The molecule has 1 heterocycles. The molecule has 0 atom stereocenters. The number of anilines is 2. The highest BCUT2D eigenvalue weighted by Crippen LogP contribution is 2.54. The lowest BCUT2D eigenvalue weighted by Gasteiger charge is -2.22. The predicted molar refractivity (Wildman–Crippen MR) is 70.9 cm³/mol. The molecule has 20 heavy (non-hydrogen) atoms. The van der Waals surface area contributed by atoms with E-state index in [1.54, 1.807) is 13.8 Å². The van der Waals surface area contributed by atoms with Gasteiger partial charge in [-0.3, -0.25) is 0 Å². The fraction of sp³-hybridized carbons (Fsp3) is 0.583. The van der Waals surface area contributed by atoms with Crippen LogP contribution in [0.4, 0.5) is 23.9 Å². The van der Waals surface area contributed by atoms with Crippen LogP contribution >= 0.6 is 11.3 Å². The molecule has 4 nitrogen and oxygen atoms in total. The maximum atomic E-state index is 13.0. The topological polar surface area (TPSA) is 71.1 Å². The minimum Gasteiger partial charge on any atom is -0.486 e. The number of alkyl halides is 3. The van der Waals surface area contributed by atoms with Crippen LogP contribution in [0.15, 0.2) is 0 Å². The number of hydrogen-bond acceptors (Lipinski definition) is 5. The van der Waals surface area contributed by atoms with Crippen molar-refractivity contribution in [3.8, 4) is 11.8 Å². The van der Waals surface area contributed by atoms with Gasteiger partial charge in [-0.15, -0.1) is 11.3 Å². The van der Waals surface area contributed by atoms with Crippen LogP contribution in [0.5, 0.6) is 5.75 Å².